The van der Waals surface area contributed by atoms with E-state index < -0.39 is 35.0 Å². The topological polar surface area (TPSA) is 91.4 Å². The summed E-state index contributed by atoms with van der Waals surface area (Å²) in [5.41, 5.74) is 1.06. The fourth-order valence-electron chi connectivity index (χ4n) is 4.12. The van der Waals surface area contributed by atoms with E-state index in [0.717, 1.165) is 6.20 Å². The molecule has 3 heterocycles. The second-order valence-corrected chi connectivity index (χ2v) is 7.72. The molecule has 2 aliphatic heterocycles. The van der Waals surface area contributed by atoms with Crippen molar-refractivity contribution in [3.8, 4) is 11.3 Å². The van der Waals surface area contributed by atoms with E-state index in [4.69, 9.17) is 0 Å². The third-order valence-corrected chi connectivity index (χ3v) is 5.72. The second-order valence-electron chi connectivity index (χ2n) is 7.72. The molecule has 1 saturated heterocycles. The average molecular weight is 434 g/mol. The maximum Gasteiger partial charge on any atom is 0.322 e. The van der Waals surface area contributed by atoms with Gasteiger partial charge in [-0.15, -0.1) is 0 Å². The largest absolute Gasteiger partial charge is 0.331 e. The highest BCUT2D eigenvalue weighted by atomic mass is 19.1. The lowest BCUT2D eigenvalue weighted by Crippen LogP contribution is -2.52. The van der Waals surface area contributed by atoms with Crippen LogP contribution in [0.25, 0.3) is 11.3 Å². The van der Waals surface area contributed by atoms with E-state index >= 15 is 0 Å². The van der Waals surface area contributed by atoms with E-state index in [1.807, 2.05) is 0 Å². The van der Waals surface area contributed by atoms with E-state index in [0.29, 0.717) is 22.4 Å². The Bertz CT molecular complexity index is 1260. The summed E-state index contributed by atoms with van der Waals surface area (Å²) in [5.74, 6) is -1.98. The number of nitrogens with one attached hydrogen (secondary N) is 2. The number of hydrogen-bond donors (Lipinski definition) is 2. The number of benzene rings is 2. The van der Waals surface area contributed by atoms with Crippen LogP contribution in [0.4, 0.5) is 13.6 Å². The number of amides is 4. The quantitative estimate of drug-likeness (QED) is 0.618. The maximum atomic E-state index is 13.6. The molecule has 2 aliphatic rings. The Kier molecular flexibility index (Phi) is 4.47. The SMILES string of the molecule is O=C1NC(=O)[C@](CN2Cc3ccc(F)cc3C2=O)(c2ccc(-c3ccc(F)cn3)cc2)N1. The van der Waals surface area contributed by atoms with Crippen LogP contribution in [0.3, 0.4) is 0 Å². The van der Waals surface area contributed by atoms with Crippen LogP contribution < -0.4 is 10.6 Å². The fourth-order valence-corrected chi connectivity index (χ4v) is 4.12. The van der Waals surface area contributed by atoms with Crippen molar-refractivity contribution in [2.45, 2.75) is 12.1 Å². The zero-order chi connectivity index (χ0) is 22.5. The van der Waals surface area contributed by atoms with Gasteiger partial charge in [0.1, 0.15) is 11.6 Å². The molecule has 0 aliphatic carbocycles. The third-order valence-electron chi connectivity index (χ3n) is 5.72. The standard InChI is InChI=1S/C23H16F2N4O3/c24-16-6-3-14-11-29(20(30)18(14)9-16)12-23(21(31)27-22(32)28-23)15-4-1-13(2-5-15)19-8-7-17(25)10-26-19/h1-10H,11-12H2,(H2,27,28,31,32)/t23-/m0/s1. The normalized spacial score (nSPS) is 19.7. The number of rotatable bonds is 4. The molecule has 0 saturated carbocycles. The van der Waals surface area contributed by atoms with Gasteiger partial charge in [-0.05, 0) is 35.4 Å². The Morgan fingerprint density at radius 3 is 2.38 bits per heavy atom. The Hall–Kier alpha value is -4.14. The van der Waals surface area contributed by atoms with Gasteiger partial charge in [0.25, 0.3) is 11.8 Å². The summed E-state index contributed by atoms with van der Waals surface area (Å²) in [6, 6.07) is 12.8. The highest BCUT2D eigenvalue weighted by Crippen LogP contribution is 2.32. The van der Waals surface area contributed by atoms with Crippen molar-refractivity contribution in [1.29, 1.82) is 0 Å². The van der Waals surface area contributed by atoms with Gasteiger partial charge in [0.05, 0.1) is 18.4 Å². The van der Waals surface area contributed by atoms with Gasteiger partial charge < -0.3 is 10.2 Å². The number of aromatic nitrogens is 1. The second kappa shape index (κ2) is 7.23. The molecule has 0 radical (unpaired) electrons. The van der Waals surface area contributed by atoms with Crippen molar-refractivity contribution < 1.29 is 23.2 Å². The number of pyridine rings is 1. The van der Waals surface area contributed by atoms with Gasteiger partial charge in [-0.2, -0.15) is 0 Å². The van der Waals surface area contributed by atoms with Crippen LogP contribution in [0.5, 0.6) is 0 Å². The molecule has 4 amide bonds. The lowest BCUT2D eigenvalue weighted by molar-refractivity contribution is -0.124. The van der Waals surface area contributed by atoms with Crippen LogP contribution in [0.2, 0.25) is 0 Å². The Morgan fingerprint density at radius 2 is 1.72 bits per heavy atom. The van der Waals surface area contributed by atoms with Gasteiger partial charge in [-0.1, -0.05) is 30.3 Å². The minimum atomic E-state index is -1.51. The van der Waals surface area contributed by atoms with Crippen molar-refractivity contribution in [1.82, 2.24) is 20.5 Å². The van der Waals surface area contributed by atoms with Gasteiger partial charge in [0, 0.05) is 17.7 Å². The Labute approximate surface area is 181 Å². The van der Waals surface area contributed by atoms with E-state index in [-0.39, 0.29) is 18.7 Å². The summed E-state index contributed by atoms with van der Waals surface area (Å²) in [5, 5.41) is 4.89. The van der Waals surface area contributed by atoms with Crippen LogP contribution >= 0.6 is 0 Å². The van der Waals surface area contributed by atoms with Gasteiger partial charge in [-0.3, -0.25) is 19.9 Å². The number of fused-ring (bicyclic) bond motifs is 1. The number of carbonyl (C=O) groups is 3. The minimum Gasteiger partial charge on any atom is -0.331 e. The zero-order valence-corrected chi connectivity index (χ0v) is 16.6. The van der Waals surface area contributed by atoms with Crippen LogP contribution in [0.15, 0.2) is 60.8 Å². The zero-order valence-electron chi connectivity index (χ0n) is 16.6. The molecule has 2 aromatic carbocycles. The number of urea groups is 1. The average Bonchev–Trinajstić information content (AvgIpc) is 3.24. The predicted molar refractivity (Wildman–Crippen MR) is 109 cm³/mol. The molecule has 1 fully saturated rings. The monoisotopic (exact) mass is 434 g/mol. The fraction of sp³-hybridized carbons (Fsp3) is 0.130. The van der Waals surface area contributed by atoms with Gasteiger partial charge in [-0.25, -0.2) is 13.6 Å². The number of imide groups is 1. The van der Waals surface area contributed by atoms with Crippen molar-refractivity contribution in [3.05, 3.63) is 89.1 Å². The summed E-state index contributed by atoms with van der Waals surface area (Å²) in [4.78, 5) is 43.2. The molecule has 0 unspecified atom stereocenters. The lowest BCUT2D eigenvalue weighted by Gasteiger charge is -2.31. The first kappa shape index (κ1) is 19.8. The van der Waals surface area contributed by atoms with Crippen molar-refractivity contribution in [3.63, 3.8) is 0 Å². The van der Waals surface area contributed by atoms with E-state index in [1.54, 1.807) is 24.3 Å². The van der Waals surface area contributed by atoms with Crippen LogP contribution in [-0.2, 0) is 16.9 Å². The van der Waals surface area contributed by atoms with Gasteiger partial charge in [0.2, 0.25) is 0 Å². The van der Waals surface area contributed by atoms with Crippen LogP contribution in [0.1, 0.15) is 21.5 Å². The number of halogens is 2. The molecule has 0 spiro atoms. The first-order chi connectivity index (χ1) is 15.4. The molecule has 1 aromatic heterocycles. The number of nitrogens with zero attached hydrogens (tertiary/aromatic N) is 2. The summed E-state index contributed by atoms with van der Waals surface area (Å²) in [6.45, 7) is 0.0603. The number of carbonyl (C=O) groups excluding carboxylic acids is 3. The predicted octanol–water partition coefficient (Wildman–Crippen LogP) is 2.72. The smallest absolute Gasteiger partial charge is 0.322 e. The molecule has 3 aromatic rings. The summed E-state index contributed by atoms with van der Waals surface area (Å²) < 4.78 is 26.7. The van der Waals surface area contributed by atoms with Crippen molar-refractivity contribution in [2.24, 2.45) is 0 Å². The Balaban J connectivity index is 1.48. The molecular weight excluding hydrogens is 418 g/mol. The third kappa shape index (κ3) is 3.18. The molecule has 9 heteroatoms. The number of hydrogen-bond acceptors (Lipinski definition) is 4. The van der Waals surface area contributed by atoms with Gasteiger partial charge >= 0.3 is 6.03 Å². The summed E-state index contributed by atoms with van der Waals surface area (Å²) in [6.07, 6.45) is 1.11. The van der Waals surface area contributed by atoms with Crippen LogP contribution in [0, 0.1) is 11.6 Å². The highest BCUT2D eigenvalue weighted by molar-refractivity contribution is 6.08. The Morgan fingerprint density at radius 1 is 0.969 bits per heavy atom. The molecular formula is C23H16F2N4O3. The first-order valence-electron chi connectivity index (χ1n) is 9.79. The lowest BCUT2D eigenvalue weighted by atomic mass is 9.88. The highest BCUT2D eigenvalue weighted by Gasteiger charge is 2.50. The van der Waals surface area contributed by atoms with E-state index in [2.05, 4.69) is 15.6 Å². The van der Waals surface area contributed by atoms with Crippen LogP contribution in [-0.4, -0.2) is 34.3 Å². The maximum absolute atomic E-state index is 13.6. The van der Waals surface area contributed by atoms with E-state index in [9.17, 15) is 23.2 Å². The molecule has 5 rings (SSSR count). The molecule has 32 heavy (non-hydrogen) atoms. The van der Waals surface area contributed by atoms with Crippen molar-refractivity contribution in [2.75, 3.05) is 6.54 Å². The minimum absolute atomic E-state index is 0.131. The van der Waals surface area contributed by atoms with Crippen molar-refractivity contribution >= 4 is 17.8 Å². The van der Waals surface area contributed by atoms with E-state index in [1.165, 1.54) is 35.2 Å². The molecule has 2 N–H and O–H groups in total. The molecule has 1 atom stereocenters. The summed E-state index contributed by atoms with van der Waals surface area (Å²) >= 11 is 0. The molecule has 160 valence electrons. The molecule has 7 nitrogen and oxygen atoms in total. The molecule has 0 bridgehead atoms. The van der Waals surface area contributed by atoms with Gasteiger partial charge in [0.15, 0.2) is 5.54 Å². The first-order valence-corrected chi connectivity index (χ1v) is 9.79. The summed E-state index contributed by atoms with van der Waals surface area (Å²) in [7, 11) is 0.